The van der Waals surface area contributed by atoms with E-state index in [2.05, 4.69) is 16.2 Å². The summed E-state index contributed by atoms with van der Waals surface area (Å²) in [5, 5.41) is 13.2. The van der Waals surface area contributed by atoms with Crippen molar-refractivity contribution in [2.24, 2.45) is 0 Å². The molecular formula is C17H10N4O. The van der Waals surface area contributed by atoms with Crippen molar-refractivity contribution in [2.75, 3.05) is 0 Å². The second-order valence-electron chi connectivity index (χ2n) is 4.96. The van der Waals surface area contributed by atoms with Gasteiger partial charge in [-0.3, -0.25) is 4.79 Å². The highest BCUT2D eigenvalue weighted by molar-refractivity contribution is 5.88. The summed E-state index contributed by atoms with van der Waals surface area (Å²) in [4.78, 5) is 16.0. The minimum Gasteiger partial charge on any atom is -0.338 e. The third-order valence-corrected chi connectivity index (χ3v) is 3.69. The zero-order chi connectivity index (χ0) is 15.1. The highest BCUT2D eigenvalue weighted by atomic mass is 16.1. The first kappa shape index (κ1) is 12.4. The number of allylic oxidation sites excluding steroid dienone is 4. The van der Waals surface area contributed by atoms with Crippen molar-refractivity contribution in [3.8, 4) is 17.3 Å². The fourth-order valence-electron chi connectivity index (χ4n) is 2.55. The van der Waals surface area contributed by atoms with E-state index in [9.17, 15) is 4.79 Å². The summed E-state index contributed by atoms with van der Waals surface area (Å²) in [6.07, 6.45) is 7.06. The molecule has 0 unspecified atom stereocenters. The summed E-state index contributed by atoms with van der Waals surface area (Å²) in [6, 6.07) is 11.6. The van der Waals surface area contributed by atoms with Gasteiger partial charge in [-0.05, 0) is 11.1 Å². The van der Waals surface area contributed by atoms with Gasteiger partial charge in [0, 0.05) is 0 Å². The van der Waals surface area contributed by atoms with Crippen LogP contribution in [-0.2, 0) is 0 Å². The van der Waals surface area contributed by atoms with Gasteiger partial charge in [-0.1, -0.05) is 48.6 Å². The molecule has 0 fully saturated rings. The zero-order valence-electron chi connectivity index (χ0n) is 11.4. The van der Waals surface area contributed by atoms with Crippen LogP contribution < -0.4 is 5.56 Å². The Hall–Kier alpha value is -3.39. The van der Waals surface area contributed by atoms with Crippen LogP contribution in [0.4, 0.5) is 0 Å². The molecule has 0 amide bonds. The monoisotopic (exact) mass is 286 g/mol. The fraction of sp³-hybridized carbons (Fsp3) is 0. The van der Waals surface area contributed by atoms with Gasteiger partial charge in [0.2, 0.25) is 0 Å². The third kappa shape index (κ3) is 1.64. The second-order valence-corrected chi connectivity index (χ2v) is 4.96. The fourth-order valence-corrected chi connectivity index (χ4v) is 2.55. The molecule has 5 heteroatoms. The van der Waals surface area contributed by atoms with E-state index in [-0.39, 0.29) is 5.56 Å². The number of hydrogen-bond acceptors (Lipinski definition) is 3. The average Bonchev–Trinajstić information content (AvgIpc) is 2.92. The van der Waals surface area contributed by atoms with Crippen LogP contribution in [0.15, 0.2) is 59.6 Å². The number of aromatic amines is 1. The van der Waals surface area contributed by atoms with E-state index in [0.717, 1.165) is 11.1 Å². The SMILES string of the molecule is N#Cc1cnn2c(=O)c(C3=CC=C3)c(-c3ccccc3)[nH]c12. The number of H-pyrrole nitrogens is 1. The Morgan fingerprint density at radius 3 is 2.64 bits per heavy atom. The Morgan fingerprint density at radius 2 is 2.00 bits per heavy atom. The zero-order valence-corrected chi connectivity index (χ0v) is 11.4. The Balaban J connectivity index is 2.13. The van der Waals surface area contributed by atoms with Crippen molar-refractivity contribution in [2.45, 2.75) is 0 Å². The molecule has 1 aromatic carbocycles. The summed E-state index contributed by atoms with van der Waals surface area (Å²) in [7, 11) is 0. The Bertz CT molecular complexity index is 1050. The van der Waals surface area contributed by atoms with Crippen LogP contribution in [0.3, 0.4) is 0 Å². The van der Waals surface area contributed by atoms with E-state index in [4.69, 9.17) is 5.26 Å². The molecule has 0 radical (unpaired) electrons. The molecule has 3 aromatic rings. The molecule has 2 aromatic heterocycles. The molecule has 0 bridgehead atoms. The quantitative estimate of drug-likeness (QED) is 0.786. The molecule has 0 spiro atoms. The van der Waals surface area contributed by atoms with E-state index in [1.165, 1.54) is 10.7 Å². The van der Waals surface area contributed by atoms with Gasteiger partial charge in [-0.2, -0.15) is 14.9 Å². The van der Waals surface area contributed by atoms with Crippen molar-refractivity contribution in [3.05, 3.63) is 76.2 Å². The van der Waals surface area contributed by atoms with Crippen LogP contribution in [0.2, 0.25) is 0 Å². The predicted octanol–water partition coefficient (Wildman–Crippen LogP) is 2.51. The lowest BCUT2D eigenvalue weighted by Gasteiger charge is -2.13. The van der Waals surface area contributed by atoms with Crippen LogP contribution in [0.25, 0.3) is 22.5 Å². The number of nitriles is 1. The van der Waals surface area contributed by atoms with Crippen LogP contribution in [0.5, 0.6) is 0 Å². The molecular weight excluding hydrogens is 276 g/mol. The molecule has 0 aliphatic heterocycles. The lowest BCUT2D eigenvalue weighted by Crippen LogP contribution is -2.21. The summed E-state index contributed by atoms with van der Waals surface area (Å²) in [5.41, 5.74) is 3.54. The van der Waals surface area contributed by atoms with Crippen molar-refractivity contribution < 1.29 is 0 Å². The first-order valence-corrected chi connectivity index (χ1v) is 6.78. The maximum absolute atomic E-state index is 12.8. The summed E-state index contributed by atoms with van der Waals surface area (Å²) in [6.45, 7) is 0. The van der Waals surface area contributed by atoms with Crippen LogP contribution >= 0.6 is 0 Å². The van der Waals surface area contributed by atoms with Gasteiger partial charge in [0.05, 0.1) is 17.5 Å². The maximum Gasteiger partial charge on any atom is 0.282 e. The molecule has 0 saturated heterocycles. The van der Waals surface area contributed by atoms with Gasteiger partial charge in [0.1, 0.15) is 11.6 Å². The molecule has 4 rings (SSSR count). The van der Waals surface area contributed by atoms with E-state index in [0.29, 0.717) is 22.5 Å². The summed E-state index contributed by atoms with van der Waals surface area (Å²) in [5.74, 6) is 0. The first-order chi connectivity index (χ1) is 10.8. The number of nitrogens with zero attached hydrogens (tertiary/aromatic N) is 3. The minimum absolute atomic E-state index is 0.232. The molecule has 0 atom stereocenters. The highest BCUT2D eigenvalue weighted by Gasteiger charge is 2.19. The van der Waals surface area contributed by atoms with Gasteiger partial charge in [0.15, 0.2) is 5.65 Å². The number of benzene rings is 1. The Labute approximate surface area is 125 Å². The number of rotatable bonds is 2. The number of nitrogens with one attached hydrogen (secondary N) is 1. The van der Waals surface area contributed by atoms with Gasteiger partial charge in [-0.25, -0.2) is 0 Å². The Kier molecular flexibility index (Phi) is 2.57. The van der Waals surface area contributed by atoms with Crippen LogP contribution in [0, 0.1) is 11.3 Å². The standard InChI is InChI=1S/C17H10N4O/c18-9-13-10-19-21-16(13)20-15(12-5-2-1-3-6-12)14(17(21)22)11-7-4-8-11/h1-8,10,20H. The number of aromatic nitrogens is 3. The molecule has 5 nitrogen and oxygen atoms in total. The normalized spacial score (nSPS) is 12.8. The van der Waals surface area contributed by atoms with Crippen molar-refractivity contribution in [1.82, 2.24) is 14.6 Å². The van der Waals surface area contributed by atoms with Crippen molar-refractivity contribution in [3.63, 3.8) is 0 Å². The van der Waals surface area contributed by atoms with E-state index < -0.39 is 0 Å². The molecule has 22 heavy (non-hydrogen) atoms. The largest absolute Gasteiger partial charge is 0.338 e. The molecule has 104 valence electrons. The van der Waals surface area contributed by atoms with E-state index >= 15 is 0 Å². The molecule has 0 saturated carbocycles. The van der Waals surface area contributed by atoms with Gasteiger partial charge >= 0.3 is 0 Å². The molecule has 2 heterocycles. The molecule has 1 aliphatic rings. The number of hydrogen-bond donors (Lipinski definition) is 1. The molecule has 1 aliphatic carbocycles. The minimum atomic E-state index is -0.232. The van der Waals surface area contributed by atoms with Crippen molar-refractivity contribution in [1.29, 1.82) is 5.26 Å². The van der Waals surface area contributed by atoms with Gasteiger partial charge in [0.25, 0.3) is 5.56 Å². The Morgan fingerprint density at radius 1 is 1.23 bits per heavy atom. The van der Waals surface area contributed by atoms with E-state index in [1.807, 2.05) is 48.6 Å². The van der Waals surface area contributed by atoms with E-state index in [1.54, 1.807) is 0 Å². The van der Waals surface area contributed by atoms with Crippen molar-refractivity contribution >= 4 is 11.2 Å². The summed E-state index contributed by atoms with van der Waals surface area (Å²) >= 11 is 0. The predicted molar refractivity (Wildman–Crippen MR) is 83.1 cm³/mol. The van der Waals surface area contributed by atoms with Crippen LogP contribution in [0.1, 0.15) is 11.1 Å². The average molecular weight is 286 g/mol. The molecule has 1 N–H and O–H groups in total. The lowest BCUT2D eigenvalue weighted by molar-refractivity contribution is 0.896. The summed E-state index contributed by atoms with van der Waals surface area (Å²) < 4.78 is 1.24. The lowest BCUT2D eigenvalue weighted by atomic mass is 9.96. The first-order valence-electron chi connectivity index (χ1n) is 6.78. The van der Waals surface area contributed by atoms with Gasteiger partial charge in [-0.15, -0.1) is 0 Å². The maximum atomic E-state index is 12.8. The number of fused-ring (bicyclic) bond motifs is 1. The smallest absolute Gasteiger partial charge is 0.282 e. The van der Waals surface area contributed by atoms with Crippen LogP contribution in [-0.4, -0.2) is 14.6 Å². The highest BCUT2D eigenvalue weighted by Crippen LogP contribution is 2.29. The topological polar surface area (TPSA) is 74.0 Å². The third-order valence-electron chi connectivity index (χ3n) is 3.69. The second kappa shape index (κ2) is 4.57. The van der Waals surface area contributed by atoms with Gasteiger partial charge < -0.3 is 4.98 Å².